The maximum absolute atomic E-state index is 12.1. The van der Waals surface area contributed by atoms with Gasteiger partial charge in [0.1, 0.15) is 6.07 Å². The first-order valence-electron chi connectivity index (χ1n) is 6.93. The largest absolute Gasteiger partial charge is 0.504 e. The average molecular weight is 310 g/mol. The smallest absolute Gasteiger partial charge is 0.303 e. The Bertz CT molecular complexity index is 779. The summed E-state index contributed by atoms with van der Waals surface area (Å²) in [6, 6.07) is 12.5. The molecule has 6 nitrogen and oxygen atoms in total. The van der Waals surface area contributed by atoms with E-state index < -0.39 is 17.5 Å². The van der Waals surface area contributed by atoms with Gasteiger partial charge in [-0.05, 0) is 11.6 Å². The fraction of sp³-hybridized carbons (Fsp3) is 0.176. The molecule has 0 aliphatic rings. The topological polar surface area (TPSA) is 111 Å². The van der Waals surface area contributed by atoms with E-state index in [0.29, 0.717) is 12.1 Å². The van der Waals surface area contributed by atoms with Crippen LogP contribution in [0.2, 0.25) is 0 Å². The van der Waals surface area contributed by atoms with E-state index in [2.05, 4.69) is 4.98 Å². The summed E-state index contributed by atoms with van der Waals surface area (Å²) >= 11 is 0. The van der Waals surface area contributed by atoms with Crippen molar-refractivity contribution in [2.75, 3.05) is 0 Å². The summed E-state index contributed by atoms with van der Waals surface area (Å²) in [5, 5.41) is 27.7. The van der Waals surface area contributed by atoms with Gasteiger partial charge in [-0.15, -0.1) is 0 Å². The first-order chi connectivity index (χ1) is 11.0. The van der Waals surface area contributed by atoms with Crippen LogP contribution in [0.1, 0.15) is 40.2 Å². The molecule has 116 valence electrons. The van der Waals surface area contributed by atoms with Crippen LogP contribution in [0, 0.1) is 11.3 Å². The molecule has 0 saturated carbocycles. The number of hydrogen-bond donors (Lipinski definition) is 2. The third kappa shape index (κ3) is 4.14. The van der Waals surface area contributed by atoms with Crippen molar-refractivity contribution in [2.24, 2.45) is 0 Å². The van der Waals surface area contributed by atoms with Gasteiger partial charge >= 0.3 is 5.97 Å². The number of carbonyl (C=O) groups excluding carboxylic acids is 1. The first-order valence-corrected chi connectivity index (χ1v) is 6.93. The van der Waals surface area contributed by atoms with Gasteiger partial charge in [-0.2, -0.15) is 5.26 Å². The predicted octanol–water partition coefficient (Wildman–Crippen LogP) is 2.30. The molecule has 0 spiro atoms. The van der Waals surface area contributed by atoms with E-state index in [0.717, 1.165) is 5.56 Å². The zero-order valence-corrected chi connectivity index (χ0v) is 12.2. The molecular formula is C17H14N2O4. The molecule has 0 aliphatic carbocycles. The molecule has 2 rings (SSSR count). The molecule has 0 bridgehead atoms. The number of Topliss-reactive ketones (excluding diaryl/α,β-unsaturated/α-hetero) is 1. The standard InChI is InChI=1S/C17H14N2O4/c18-10-14-17(23)13(15(20)6-7-16(21)22)9-12(19-14)8-11-4-2-1-3-5-11/h1-5,9,23H,6-8H2,(H,21,22). The van der Waals surface area contributed by atoms with Gasteiger partial charge in [0, 0.05) is 18.5 Å². The van der Waals surface area contributed by atoms with Crippen LogP contribution < -0.4 is 0 Å². The summed E-state index contributed by atoms with van der Waals surface area (Å²) in [5.41, 5.74) is 1.10. The molecular weight excluding hydrogens is 296 g/mol. The molecule has 1 aromatic heterocycles. The zero-order chi connectivity index (χ0) is 16.8. The second-order valence-electron chi connectivity index (χ2n) is 4.95. The van der Waals surface area contributed by atoms with Crippen molar-refractivity contribution in [3.8, 4) is 11.8 Å². The van der Waals surface area contributed by atoms with Crippen LogP contribution in [0.15, 0.2) is 36.4 Å². The maximum atomic E-state index is 12.1. The Hall–Kier alpha value is -3.20. The molecule has 2 aromatic rings. The van der Waals surface area contributed by atoms with Crippen LogP contribution in [0.5, 0.6) is 5.75 Å². The summed E-state index contributed by atoms with van der Waals surface area (Å²) < 4.78 is 0. The SMILES string of the molecule is N#Cc1nc(Cc2ccccc2)cc(C(=O)CCC(=O)O)c1O. The molecule has 0 fully saturated rings. The number of carbonyl (C=O) groups is 2. The molecule has 2 N–H and O–H groups in total. The van der Waals surface area contributed by atoms with Gasteiger partial charge in [0.25, 0.3) is 0 Å². The Morgan fingerprint density at radius 2 is 1.87 bits per heavy atom. The van der Waals surface area contributed by atoms with Crippen LogP contribution in [0.4, 0.5) is 0 Å². The number of carboxylic acid groups (broad SMARTS) is 1. The number of aliphatic carboxylic acids is 1. The number of rotatable bonds is 6. The van der Waals surface area contributed by atoms with Crippen LogP contribution >= 0.6 is 0 Å². The summed E-state index contributed by atoms with van der Waals surface area (Å²) in [4.78, 5) is 26.7. The molecule has 1 heterocycles. The molecule has 6 heteroatoms. The van der Waals surface area contributed by atoms with Crippen LogP contribution in [0.3, 0.4) is 0 Å². The van der Waals surface area contributed by atoms with E-state index in [1.165, 1.54) is 6.07 Å². The fourth-order valence-electron chi connectivity index (χ4n) is 2.13. The molecule has 1 aromatic carbocycles. The van der Waals surface area contributed by atoms with Crippen molar-refractivity contribution in [3.63, 3.8) is 0 Å². The van der Waals surface area contributed by atoms with E-state index in [1.54, 1.807) is 6.07 Å². The minimum Gasteiger partial charge on any atom is -0.504 e. The highest BCUT2D eigenvalue weighted by Crippen LogP contribution is 2.24. The number of benzene rings is 1. The van der Waals surface area contributed by atoms with Crippen molar-refractivity contribution in [2.45, 2.75) is 19.3 Å². The summed E-state index contributed by atoms with van der Waals surface area (Å²) in [6.45, 7) is 0. The molecule has 0 radical (unpaired) electrons. The summed E-state index contributed by atoms with van der Waals surface area (Å²) in [7, 11) is 0. The van der Waals surface area contributed by atoms with Gasteiger partial charge in [-0.1, -0.05) is 30.3 Å². The van der Waals surface area contributed by atoms with Gasteiger partial charge in [0.2, 0.25) is 0 Å². The Morgan fingerprint density at radius 3 is 2.48 bits per heavy atom. The second-order valence-corrected chi connectivity index (χ2v) is 4.95. The highest BCUT2D eigenvalue weighted by molar-refractivity contribution is 6.00. The lowest BCUT2D eigenvalue weighted by Gasteiger charge is -2.08. The molecule has 0 amide bonds. The number of nitrogens with zero attached hydrogens (tertiary/aromatic N) is 2. The number of hydrogen-bond acceptors (Lipinski definition) is 5. The minimum absolute atomic E-state index is 0.0660. The molecule has 0 unspecified atom stereocenters. The lowest BCUT2D eigenvalue weighted by Crippen LogP contribution is -2.07. The predicted molar refractivity (Wildman–Crippen MR) is 81.1 cm³/mol. The van der Waals surface area contributed by atoms with Crippen LogP contribution in [0.25, 0.3) is 0 Å². The van der Waals surface area contributed by atoms with Crippen molar-refractivity contribution < 1.29 is 19.8 Å². The third-order valence-electron chi connectivity index (χ3n) is 3.25. The first kappa shape index (κ1) is 16.2. The zero-order valence-electron chi connectivity index (χ0n) is 12.2. The van der Waals surface area contributed by atoms with Crippen LogP contribution in [-0.4, -0.2) is 26.9 Å². The Morgan fingerprint density at radius 1 is 1.17 bits per heavy atom. The normalized spacial score (nSPS) is 10.0. The quantitative estimate of drug-likeness (QED) is 0.792. The van der Waals surface area contributed by atoms with Gasteiger partial charge in [0.05, 0.1) is 12.0 Å². The van der Waals surface area contributed by atoms with Crippen molar-refractivity contribution in [1.29, 1.82) is 5.26 Å². The third-order valence-corrected chi connectivity index (χ3v) is 3.25. The number of carboxylic acids is 1. The summed E-state index contributed by atoms with van der Waals surface area (Å²) in [5.74, 6) is -2.13. The average Bonchev–Trinajstić information content (AvgIpc) is 2.55. The van der Waals surface area contributed by atoms with Gasteiger partial charge < -0.3 is 10.2 Å². The molecule has 0 saturated heterocycles. The van der Waals surface area contributed by atoms with E-state index in [4.69, 9.17) is 10.4 Å². The molecule has 23 heavy (non-hydrogen) atoms. The number of aromatic hydroxyl groups is 1. The van der Waals surface area contributed by atoms with E-state index in [-0.39, 0.29) is 24.1 Å². The van der Waals surface area contributed by atoms with Crippen molar-refractivity contribution in [1.82, 2.24) is 4.98 Å². The van der Waals surface area contributed by atoms with Crippen LogP contribution in [-0.2, 0) is 11.2 Å². The monoisotopic (exact) mass is 310 g/mol. The van der Waals surface area contributed by atoms with Gasteiger partial charge in [0.15, 0.2) is 17.2 Å². The number of ketones is 1. The highest BCUT2D eigenvalue weighted by Gasteiger charge is 2.18. The second kappa shape index (κ2) is 7.18. The Labute approximate surface area is 132 Å². The number of nitriles is 1. The fourth-order valence-corrected chi connectivity index (χ4v) is 2.13. The Balaban J connectivity index is 2.34. The summed E-state index contributed by atoms with van der Waals surface area (Å²) in [6.07, 6.45) is -0.186. The lowest BCUT2D eigenvalue weighted by molar-refractivity contribution is -0.136. The van der Waals surface area contributed by atoms with E-state index in [1.807, 2.05) is 30.3 Å². The highest BCUT2D eigenvalue weighted by atomic mass is 16.4. The Kier molecular flexibility index (Phi) is 5.05. The van der Waals surface area contributed by atoms with Gasteiger partial charge in [-0.25, -0.2) is 4.98 Å². The molecule has 0 atom stereocenters. The number of pyridine rings is 1. The lowest BCUT2D eigenvalue weighted by atomic mass is 10.0. The minimum atomic E-state index is -1.10. The maximum Gasteiger partial charge on any atom is 0.303 e. The van der Waals surface area contributed by atoms with Crippen molar-refractivity contribution in [3.05, 3.63) is 58.9 Å². The van der Waals surface area contributed by atoms with E-state index in [9.17, 15) is 14.7 Å². The van der Waals surface area contributed by atoms with E-state index >= 15 is 0 Å². The van der Waals surface area contributed by atoms with Gasteiger partial charge in [-0.3, -0.25) is 9.59 Å². The van der Waals surface area contributed by atoms with Crippen molar-refractivity contribution >= 4 is 11.8 Å². The molecule has 0 aliphatic heterocycles. The number of aromatic nitrogens is 1.